The molecule has 94 valence electrons. The average molecular weight is 286 g/mol. The van der Waals surface area contributed by atoms with Crippen molar-refractivity contribution in [3.05, 3.63) is 53.7 Å². The van der Waals surface area contributed by atoms with E-state index in [0.29, 0.717) is 5.75 Å². The highest BCUT2D eigenvalue weighted by atomic mass is 32.2. The van der Waals surface area contributed by atoms with Crippen molar-refractivity contribution in [3.63, 3.8) is 0 Å². The Morgan fingerprint density at radius 2 is 2.00 bits per heavy atom. The summed E-state index contributed by atoms with van der Waals surface area (Å²) in [6, 6.07) is 11.3. The lowest BCUT2D eigenvalue weighted by molar-refractivity contribution is 0.102. The van der Waals surface area contributed by atoms with Gasteiger partial charge in [-0.05, 0) is 11.4 Å². The minimum absolute atomic E-state index is 0.118. The second kappa shape index (κ2) is 5.50. The zero-order valence-electron chi connectivity index (χ0n) is 9.95. The van der Waals surface area contributed by atoms with Crippen molar-refractivity contribution in [2.45, 2.75) is 5.03 Å². The first-order valence-electron chi connectivity index (χ1n) is 5.74. The van der Waals surface area contributed by atoms with Gasteiger partial charge in [-0.25, -0.2) is 9.97 Å². The fourth-order valence-electron chi connectivity index (χ4n) is 1.72. The third-order valence-electron chi connectivity index (χ3n) is 2.66. The molecule has 0 amide bonds. The Kier molecular flexibility index (Phi) is 3.57. The molecule has 0 fully saturated rings. The molecule has 0 aliphatic heterocycles. The monoisotopic (exact) mass is 286 g/mol. The smallest absolute Gasteiger partial charge is 0.173 e. The van der Waals surface area contributed by atoms with E-state index in [-0.39, 0.29) is 5.78 Å². The van der Waals surface area contributed by atoms with Gasteiger partial charge in [-0.1, -0.05) is 42.1 Å². The quantitative estimate of drug-likeness (QED) is 0.417. The number of ketones is 1. The van der Waals surface area contributed by atoms with Crippen LogP contribution < -0.4 is 0 Å². The summed E-state index contributed by atoms with van der Waals surface area (Å²) in [5.41, 5.74) is 0.741. The van der Waals surface area contributed by atoms with Crippen molar-refractivity contribution in [3.8, 4) is 0 Å². The number of hydrogen-bond donors (Lipinski definition) is 0. The van der Waals surface area contributed by atoms with Crippen molar-refractivity contribution in [1.29, 1.82) is 0 Å². The molecule has 0 bridgehead atoms. The summed E-state index contributed by atoms with van der Waals surface area (Å²) < 4.78 is 0. The van der Waals surface area contributed by atoms with E-state index in [9.17, 15) is 4.79 Å². The van der Waals surface area contributed by atoms with E-state index in [0.717, 1.165) is 20.8 Å². The van der Waals surface area contributed by atoms with Crippen LogP contribution in [0.25, 0.3) is 10.2 Å². The number of thioether (sulfide) groups is 1. The van der Waals surface area contributed by atoms with Gasteiger partial charge in [0.05, 0.1) is 5.75 Å². The third-order valence-corrected chi connectivity index (χ3v) is 4.49. The number of hydrogen-bond acceptors (Lipinski definition) is 5. The normalized spacial score (nSPS) is 10.7. The van der Waals surface area contributed by atoms with Crippen molar-refractivity contribution >= 4 is 39.1 Å². The molecular weight excluding hydrogens is 276 g/mol. The molecule has 19 heavy (non-hydrogen) atoms. The summed E-state index contributed by atoms with van der Waals surface area (Å²) in [6.07, 6.45) is 1.55. The van der Waals surface area contributed by atoms with Gasteiger partial charge in [0, 0.05) is 10.9 Å². The van der Waals surface area contributed by atoms with Gasteiger partial charge >= 0.3 is 0 Å². The number of carbonyl (C=O) groups is 1. The molecule has 3 aromatic rings. The fourth-order valence-corrected chi connectivity index (χ4v) is 3.40. The van der Waals surface area contributed by atoms with E-state index < -0.39 is 0 Å². The standard InChI is InChI=1S/C14H10N2OS2/c17-12(10-4-2-1-3-5-10)8-19-14-11-6-7-18-13(11)15-9-16-14/h1-7,9H,8H2. The van der Waals surface area contributed by atoms with Crippen LogP contribution in [0, 0.1) is 0 Å². The SMILES string of the molecule is O=C(CSc1ncnc2sccc12)c1ccccc1. The van der Waals surface area contributed by atoms with Crippen LogP contribution in [-0.2, 0) is 0 Å². The fraction of sp³-hybridized carbons (Fsp3) is 0.0714. The van der Waals surface area contributed by atoms with E-state index in [4.69, 9.17) is 0 Å². The molecular formula is C14H10N2OS2. The summed E-state index contributed by atoms with van der Waals surface area (Å²) in [7, 11) is 0. The highest BCUT2D eigenvalue weighted by Crippen LogP contribution is 2.27. The Morgan fingerprint density at radius 1 is 1.16 bits per heavy atom. The maximum Gasteiger partial charge on any atom is 0.173 e. The van der Waals surface area contributed by atoms with Gasteiger partial charge in [0.15, 0.2) is 5.78 Å². The van der Waals surface area contributed by atoms with Crippen molar-refractivity contribution in [2.75, 3.05) is 5.75 Å². The molecule has 5 heteroatoms. The van der Waals surface area contributed by atoms with Crippen LogP contribution in [0.3, 0.4) is 0 Å². The molecule has 0 saturated heterocycles. The third kappa shape index (κ3) is 2.67. The molecule has 3 nitrogen and oxygen atoms in total. The van der Waals surface area contributed by atoms with Gasteiger partial charge in [0.1, 0.15) is 16.2 Å². The van der Waals surface area contributed by atoms with Gasteiger partial charge in [-0.15, -0.1) is 11.3 Å². The maximum absolute atomic E-state index is 12.0. The molecule has 0 spiro atoms. The summed E-state index contributed by atoms with van der Waals surface area (Å²) in [5.74, 6) is 0.513. The number of fused-ring (bicyclic) bond motifs is 1. The van der Waals surface area contributed by atoms with Gasteiger partial charge in [0.25, 0.3) is 0 Å². The Labute approximate surface area is 118 Å². The summed E-state index contributed by atoms with van der Waals surface area (Å²) >= 11 is 3.05. The van der Waals surface area contributed by atoms with Crippen LogP contribution >= 0.6 is 23.1 Å². The highest BCUT2D eigenvalue weighted by molar-refractivity contribution is 8.00. The maximum atomic E-state index is 12.0. The summed E-state index contributed by atoms with van der Waals surface area (Å²) in [5, 5.41) is 3.89. The molecule has 3 rings (SSSR count). The van der Waals surface area contributed by atoms with Crippen molar-refractivity contribution in [1.82, 2.24) is 9.97 Å². The lowest BCUT2D eigenvalue weighted by Gasteiger charge is -2.02. The van der Waals surface area contributed by atoms with Crippen molar-refractivity contribution < 1.29 is 4.79 Å². The molecule has 0 N–H and O–H groups in total. The van der Waals surface area contributed by atoms with Crippen LogP contribution in [0.4, 0.5) is 0 Å². The zero-order chi connectivity index (χ0) is 13.1. The van der Waals surface area contributed by atoms with Gasteiger partial charge < -0.3 is 0 Å². The lowest BCUT2D eigenvalue weighted by Crippen LogP contribution is -2.02. The predicted molar refractivity (Wildman–Crippen MR) is 78.9 cm³/mol. The molecule has 0 aliphatic rings. The van der Waals surface area contributed by atoms with Gasteiger partial charge in [-0.2, -0.15) is 0 Å². The molecule has 0 aliphatic carbocycles. The highest BCUT2D eigenvalue weighted by Gasteiger charge is 2.09. The Balaban J connectivity index is 1.76. The number of aromatic nitrogens is 2. The zero-order valence-corrected chi connectivity index (χ0v) is 11.6. The number of thiophene rings is 1. The summed E-state index contributed by atoms with van der Waals surface area (Å²) in [6.45, 7) is 0. The van der Waals surface area contributed by atoms with E-state index in [2.05, 4.69) is 9.97 Å². The van der Waals surface area contributed by atoms with Crippen molar-refractivity contribution in [2.24, 2.45) is 0 Å². The molecule has 0 unspecified atom stereocenters. The second-order valence-electron chi connectivity index (χ2n) is 3.90. The lowest BCUT2D eigenvalue weighted by atomic mass is 10.2. The number of benzene rings is 1. The second-order valence-corrected chi connectivity index (χ2v) is 5.75. The minimum atomic E-state index is 0.118. The Bertz CT molecular complexity index is 710. The number of Topliss-reactive ketones (excluding diaryl/α,β-unsaturated/α-hetero) is 1. The van der Waals surface area contributed by atoms with E-state index >= 15 is 0 Å². The number of nitrogens with zero attached hydrogens (tertiary/aromatic N) is 2. The first-order chi connectivity index (χ1) is 9.34. The molecule has 0 saturated carbocycles. The van der Waals surface area contributed by atoms with E-state index in [1.54, 1.807) is 17.7 Å². The topological polar surface area (TPSA) is 42.9 Å². The van der Waals surface area contributed by atoms with E-state index in [1.165, 1.54) is 11.8 Å². The predicted octanol–water partition coefficient (Wildman–Crippen LogP) is 3.67. The molecule has 0 atom stereocenters. The first kappa shape index (κ1) is 12.3. The van der Waals surface area contributed by atoms with Crippen LogP contribution in [0.5, 0.6) is 0 Å². The van der Waals surface area contributed by atoms with E-state index in [1.807, 2.05) is 41.8 Å². The minimum Gasteiger partial charge on any atom is -0.293 e. The van der Waals surface area contributed by atoms with Gasteiger partial charge in [-0.3, -0.25) is 4.79 Å². The summed E-state index contributed by atoms with van der Waals surface area (Å²) in [4.78, 5) is 21.4. The van der Waals surface area contributed by atoms with Gasteiger partial charge in [0.2, 0.25) is 0 Å². The Morgan fingerprint density at radius 3 is 2.84 bits per heavy atom. The van der Waals surface area contributed by atoms with Crippen LogP contribution in [0.1, 0.15) is 10.4 Å². The average Bonchev–Trinajstić information content (AvgIpc) is 2.94. The van der Waals surface area contributed by atoms with Crippen LogP contribution in [0.15, 0.2) is 53.1 Å². The largest absolute Gasteiger partial charge is 0.293 e. The first-order valence-corrected chi connectivity index (χ1v) is 7.60. The number of carbonyl (C=O) groups excluding carboxylic acids is 1. The van der Waals surface area contributed by atoms with Crippen LogP contribution in [0.2, 0.25) is 0 Å². The molecule has 0 radical (unpaired) electrons. The molecule has 1 aromatic carbocycles. The Hall–Kier alpha value is -1.72. The molecule has 2 aromatic heterocycles. The number of rotatable bonds is 4. The van der Waals surface area contributed by atoms with Crippen LogP contribution in [-0.4, -0.2) is 21.5 Å². The molecule has 2 heterocycles.